The summed E-state index contributed by atoms with van der Waals surface area (Å²) in [5.41, 5.74) is 2.59. The SMILES string of the molecule is CN=C(NCc1ccc(S(=O)(=O)NC2CC2)cc1)NCC1(c2ccccc2)CC1. The molecule has 6 nitrogen and oxygen atoms in total. The van der Waals surface area contributed by atoms with Crippen molar-refractivity contribution in [2.75, 3.05) is 13.6 Å². The van der Waals surface area contributed by atoms with Crippen LogP contribution in [0.2, 0.25) is 0 Å². The van der Waals surface area contributed by atoms with Crippen LogP contribution in [0.25, 0.3) is 0 Å². The Balaban J connectivity index is 1.30. The van der Waals surface area contributed by atoms with Gasteiger partial charge in [0.15, 0.2) is 5.96 Å². The number of nitrogens with zero attached hydrogens (tertiary/aromatic N) is 1. The Morgan fingerprint density at radius 1 is 1.03 bits per heavy atom. The van der Waals surface area contributed by atoms with E-state index in [9.17, 15) is 8.42 Å². The molecule has 0 spiro atoms. The molecule has 2 aromatic rings. The van der Waals surface area contributed by atoms with Crippen LogP contribution in [-0.2, 0) is 22.0 Å². The Hall–Kier alpha value is -2.38. The predicted octanol–water partition coefficient (Wildman–Crippen LogP) is 2.52. The molecule has 0 saturated heterocycles. The molecule has 0 amide bonds. The maximum atomic E-state index is 12.3. The molecule has 0 aromatic heterocycles. The number of benzene rings is 2. The summed E-state index contributed by atoms with van der Waals surface area (Å²) in [4.78, 5) is 4.63. The van der Waals surface area contributed by atoms with Crippen LogP contribution in [0.5, 0.6) is 0 Å². The molecule has 0 bridgehead atoms. The summed E-state index contributed by atoms with van der Waals surface area (Å²) in [6.45, 7) is 1.43. The van der Waals surface area contributed by atoms with E-state index in [1.165, 1.54) is 18.4 Å². The third-order valence-electron chi connectivity index (χ3n) is 5.65. The maximum absolute atomic E-state index is 12.3. The summed E-state index contributed by atoms with van der Waals surface area (Å²) in [5, 5.41) is 6.75. The lowest BCUT2D eigenvalue weighted by molar-refractivity contribution is 0.581. The van der Waals surface area contributed by atoms with Crippen LogP contribution in [0, 0.1) is 0 Å². The van der Waals surface area contributed by atoms with E-state index in [1.807, 2.05) is 18.2 Å². The summed E-state index contributed by atoms with van der Waals surface area (Å²) in [7, 11) is -1.64. The van der Waals surface area contributed by atoms with E-state index in [2.05, 4.69) is 44.6 Å². The van der Waals surface area contributed by atoms with Crippen LogP contribution in [0.4, 0.5) is 0 Å². The average Bonchev–Trinajstić information content (AvgIpc) is 3.66. The van der Waals surface area contributed by atoms with Crippen molar-refractivity contribution in [2.45, 2.75) is 48.6 Å². The van der Waals surface area contributed by atoms with Crippen LogP contribution in [0.15, 0.2) is 64.5 Å². The standard InChI is InChI=1S/C22H28N4O2S/c1-23-21(25-16-22(13-14-22)18-5-3-2-4-6-18)24-15-17-7-11-20(12-8-17)29(27,28)26-19-9-10-19/h2-8,11-12,19,26H,9-10,13-16H2,1H3,(H2,23,24,25). The lowest BCUT2D eigenvalue weighted by atomic mass is 9.96. The van der Waals surface area contributed by atoms with Gasteiger partial charge in [0, 0.05) is 31.6 Å². The van der Waals surface area contributed by atoms with Gasteiger partial charge in [0.05, 0.1) is 4.90 Å². The topological polar surface area (TPSA) is 82.6 Å². The van der Waals surface area contributed by atoms with E-state index in [1.54, 1.807) is 19.2 Å². The van der Waals surface area contributed by atoms with Gasteiger partial charge in [-0.25, -0.2) is 13.1 Å². The number of rotatable bonds is 8. The second-order valence-corrected chi connectivity index (χ2v) is 9.68. The molecule has 0 heterocycles. The van der Waals surface area contributed by atoms with Crippen molar-refractivity contribution in [3.63, 3.8) is 0 Å². The van der Waals surface area contributed by atoms with E-state index in [4.69, 9.17) is 0 Å². The first kappa shape index (κ1) is 19.9. The molecule has 0 atom stereocenters. The van der Waals surface area contributed by atoms with Crippen LogP contribution in [-0.4, -0.2) is 34.0 Å². The average molecular weight is 413 g/mol. The molecule has 2 aliphatic rings. The van der Waals surface area contributed by atoms with Crippen molar-refractivity contribution in [3.8, 4) is 0 Å². The first-order chi connectivity index (χ1) is 14.0. The minimum Gasteiger partial charge on any atom is -0.356 e. The Kier molecular flexibility index (Phi) is 5.61. The largest absolute Gasteiger partial charge is 0.356 e. The van der Waals surface area contributed by atoms with Gasteiger partial charge in [0.25, 0.3) is 0 Å². The molecular formula is C22H28N4O2S. The molecule has 2 saturated carbocycles. The highest BCUT2D eigenvalue weighted by molar-refractivity contribution is 7.89. The molecule has 154 valence electrons. The first-order valence-corrected chi connectivity index (χ1v) is 11.6. The van der Waals surface area contributed by atoms with E-state index < -0.39 is 10.0 Å². The number of aliphatic imine (C=N–C) groups is 1. The molecule has 29 heavy (non-hydrogen) atoms. The Labute approximate surface area is 172 Å². The quantitative estimate of drug-likeness (QED) is 0.460. The zero-order valence-corrected chi connectivity index (χ0v) is 17.5. The molecule has 4 rings (SSSR count). The maximum Gasteiger partial charge on any atom is 0.240 e. The van der Waals surface area contributed by atoms with Gasteiger partial charge in [-0.05, 0) is 48.9 Å². The van der Waals surface area contributed by atoms with Crippen molar-refractivity contribution < 1.29 is 8.42 Å². The van der Waals surface area contributed by atoms with Gasteiger partial charge in [0.2, 0.25) is 10.0 Å². The monoisotopic (exact) mass is 412 g/mol. The highest BCUT2D eigenvalue weighted by atomic mass is 32.2. The second kappa shape index (κ2) is 8.16. The van der Waals surface area contributed by atoms with Gasteiger partial charge in [-0.15, -0.1) is 0 Å². The number of guanidine groups is 1. The lowest BCUT2D eigenvalue weighted by Gasteiger charge is -2.19. The fourth-order valence-corrected chi connectivity index (χ4v) is 4.75. The summed E-state index contributed by atoms with van der Waals surface area (Å²) in [6, 6.07) is 17.7. The van der Waals surface area contributed by atoms with Crippen molar-refractivity contribution >= 4 is 16.0 Å². The zero-order valence-electron chi connectivity index (χ0n) is 16.7. The number of hydrogen-bond acceptors (Lipinski definition) is 3. The number of nitrogens with one attached hydrogen (secondary N) is 3. The summed E-state index contributed by atoms with van der Waals surface area (Å²) >= 11 is 0. The molecule has 0 unspecified atom stereocenters. The molecule has 3 N–H and O–H groups in total. The highest BCUT2D eigenvalue weighted by Gasteiger charge is 2.44. The van der Waals surface area contributed by atoms with E-state index in [0.29, 0.717) is 11.4 Å². The molecule has 7 heteroatoms. The number of hydrogen-bond donors (Lipinski definition) is 3. The van der Waals surface area contributed by atoms with E-state index in [-0.39, 0.29) is 11.5 Å². The molecule has 2 aromatic carbocycles. The van der Waals surface area contributed by atoms with Crippen LogP contribution in [0.3, 0.4) is 0 Å². The smallest absolute Gasteiger partial charge is 0.240 e. The van der Waals surface area contributed by atoms with Crippen LogP contribution >= 0.6 is 0 Å². The summed E-state index contributed by atoms with van der Waals surface area (Å²) < 4.78 is 27.2. The molecule has 0 radical (unpaired) electrons. The summed E-state index contributed by atoms with van der Waals surface area (Å²) in [5.74, 6) is 0.749. The van der Waals surface area contributed by atoms with Gasteiger partial charge in [0.1, 0.15) is 0 Å². The van der Waals surface area contributed by atoms with Crippen molar-refractivity contribution in [2.24, 2.45) is 4.99 Å². The third-order valence-corrected chi connectivity index (χ3v) is 7.19. The Morgan fingerprint density at radius 2 is 1.72 bits per heavy atom. The van der Waals surface area contributed by atoms with Gasteiger partial charge in [-0.1, -0.05) is 42.5 Å². The van der Waals surface area contributed by atoms with Crippen molar-refractivity contribution in [1.82, 2.24) is 15.4 Å². The van der Waals surface area contributed by atoms with E-state index >= 15 is 0 Å². The first-order valence-electron chi connectivity index (χ1n) is 10.1. The summed E-state index contributed by atoms with van der Waals surface area (Å²) in [6.07, 6.45) is 4.23. The zero-order chi connectivity index (χ0) is 20.3. The van der Waals surface area contributed by atoms with Crippen LogP contribution in [0.1, 0.15) is 36.8 Å². The van der Waals surface area contributed by atoms with E-state index in [0.717, 1.165) is 30.9 Å². The van der Waals surface area contributed by atoms with Crippen molar-refractivity contribution in [3.05, 3.63) is 65.7 Å². The minimum absolute atomic E-state index is 0.112. The van der Waals surface area contributed by atoms with Gasteiger partial charge < -0.3 is 10.6 Å². The van der Waals surface area contributed by atoms with Gasteiger partial charge >= 0.3 is 0 Å². The number of sulfonamides is 1. The molecule has 2 fully saturated rings. The Bertz CT molecular complexity index is 964. The predicted molar refractivity (Wildman–Crippen MR) is 115 cm³/mol. The van der Waals surface area contributed by atoms with Gasteiger partial charge in [-0.2, -0.15) is 0 Å². The molecule has 2 aliphatic carbocycles. The lowest BCUT2D eigenvalue weighted by Crippen LogP contribution is -2.40. The normalized spacial score (nSPS) is 18.3. The highest BCUT2D eigenvalue weighted by Crippen LogP contribution is 2.47. The van der Waals surface area contributed by atoms with Crippen LogP contribution < -0.4 is 15.4 Å². The third kappa shape index (κ3) is 4.97. The minimum atomic E-state index is -3.40. The molecule has 0 aliphatic heterocycles. The molecular weight excluding hydrogens is 384 g/mol. The second-order valence-electron chi connectivity index (χ2n) is 7.97. The van der Waals surface area contributed by atoms with Gasteiger partial charge in [-0.3, -0.25) is 4.99 Å². The fraction of sp³-hybridized carbons (Fsp3) is 0.409. The Morgan fingerprint density at radius 3 is 2.31 bits per heavy atom. The van der Waals surface area contributed by atoms with Crippen molar-refractivity contribution in [1.29, 1.82) is 0 Å². The fourth-order valence-electron chi connectivity index (χ4n) is 3.44.